The van der Waals surface area contributed by atoms with Gasteiger partial charge in [0.2, 0.25) is 0 Å². The monoisotopic (exact) mass is 362 g/mol. The number of urea groups is 1. The van der Waals surface area contributed by atoms with Crippen LogP contribution in [0.3, 0.4) is 0 Å². The van der Waals surface area contributed by atoms with Crippen molar-refractivity contribution in [1.29, 1.82) is 0 Å². The van der Waals surface area contributed by atoms with E-state index in [0.29, 0.717) is 5.56 Å². The quantitative estimate of drug-likeness (QED) is 0.782. The molecule has 9 heteroatoms. The third kappa shape index (κ3) is 7.32. The van der Waals surface area contributed by atoms with Gasteiger partial charge in [-0.05, 0) is 18.6 Å². The average molecular weight is 362 g/mol. The van der Waals surface area contributed by atoms with Gasteiger partial charge in [-0.15, -0.1) is 0 Å². The number of halogens is 3. The summed E-state index contributed by atoms with van der Waals surface area (Å²) in [5.41, 5.74) is 1.11. The van der Waals surface area contributed by atoms with Crippen molar-refractivity contribution in [3.63, 3.8) is 0 Å². The fourth-order valence-corrected chi connectivity index (χ4v) is 1.98. The molecule has 2 amide bonds. The largest absolute Gasteiger partial charge is 0.484 e. The van der Waals surface area contributed by atoms with Crippen LogP contribution in [0.4, 0.5) is 18.0 Å². The predicted octanol–water partition coefficient (Wildman–Crippen LogP) is 2.80. The Bertz CT molecular complexity index is 620. The molecule has 1 unspecified atom stereocenters. The van der Waals surface area contributed by atoms with Crippen molar-refractivity contribution in [2.45, 2.75) is 26.6 Å². The zero-order valence-corrected chi connectivity index (χ0v) is 14.2. The second-order valence-corrected chi connectivity index (χ2v) is 5.79. The smallest absolute Gasteiger partial charge is 0.422 e. The molecule has 0 radical (unpaired) electrons. The lowest BCUT2D eigenvalue weighted by Gasteiger charge is -2.20. The summed E-state index contributed by atoms with van der Waals surface area (Å²) < 4.78 is 41.8. The molecule has 1 atom stereocenters. The van der Waals surface area contributed by atoms with E-state index in [1.807, 2.05) is 0 Å². The summed E-state index contributed by atoms with van der Waals surface area (Å²) in [4.78, 5) is 24.0. The number of carboxylic acids is 1. The van der Waals surface area contributed by atoms with Gasteiger partial charge >= 0.3 is 18.2 Å². The van der Waals surface area contributed by atoms with Gasteiger partial charge in [-0.2, -0.15) is 13.2 Å². The summed E-state index contributed by atoms with van der Waals surface area (Å²) in [5.74, 6) is -1.72. The van der Waals surface area contributed by atoms with E-state index < -0.39 is 30.7 Å². The molecular formula is C16H21F3N2O4. The van der Waals surface area contributed by atoms with Crippen LogP contribution in [0.2, 0.25) is 0 Å². The van der Waals surface area contributed by atoms with E-state index in [1.54, 1.807) is 19.1 Å². The van der Waals surface area contributed by atoms with E-state index in [4.69, 9.17) is 9.84 Å². The van der Waals surface area contributed by atoms with Crippen molar-refractivity contribution < 1.29 is 32.6 Å². The number of carbonyl (C=O) groups excluding carboxylic acids is 1. The zero-order valence-electron chi connectivity index (χ0n) is 14.2. The molecule has 0 spiro atoms. The van der Waals surface area contributed by atoms with Gasteiger partial charge < -0.3 is 20.1 Å². The molecule has 0 aliphatic rings. The lowest BCUT2D eigenvalue weighted by molar-refractivity contribution is -0.153. The van der Waals surface area contributed by atoms with Crippen LogP contribution < -0.4 is 10.1 Å². The van der Waals surface area contributed by atoms with Crippen LogP contribution >= 0.6 is 0 Å². The highest BCUT2D eigenvalue weighted by molar-refractivity contribution is 5.75. The highest BCUT2D eigenvalue weighted by atomic mass is 19.4. The Morgan fingerprint density at radius 3 is 2.56 bits per heavy atom. The maximum absolute atomic E-state index is 12.3. The number of amides is 2. The Hall–Kier alpha value is -2.45. The Labute approximate surface area is 143 Å². The van der Waals surface area contributed by atoms with Crippen molar-refractivity contribution in [2.75, 3.05) is 20.2 Å². The second-order valence-electron chi connectivity index (χ2n) is 5.79. The molecule has 0 saturated heterocycles. The summed E-state index contributed by atoms with van der Waals surface area (Å²) >= 11 is 0. The lowest BCUT2D eigenvalue weighted by atomic mass is 10.1. The lowest BCUT2D eigenvalue weighted by Crippen LogP contribution is -2.40. The molecule has 0 fully saturated rings. The summed E-state index contributed by atoms with van der Waals surface area (Å²) in [6.07, 6.45) is -4.46. The average Bonchev–Trinajstić information content (AvgIpc) is 2.50. The highest BCUT2D eigenvalue weighted by Crippen LogP contribution is 2.23. The van der Waals surface area contributed by atoms with Crippen molar-refractivity contribution in [3.05, 3.63) is 29.3 Å². The normalized spacial score (nSPS) is 12.4. The van der Waals surface area contributed by atoms with Crippen LogP contribution in [0, 0.1) is 12.8 Å². The number of aliphatic carboxylic acids is 1. The zero-order chi connectivity index (χ0) is 19.2. The second kappa shape index (κ2) is 8.59. The van der Waals surface area contributed by atoms with Gasteiger partial charge in [-0.25, -0.2) is 4.79 Å². The molecule has 0 saturated carbocycles. The van der Waals surface area contributed by atoms with Crippen LogP contribution in [0.1, 0.15) is 18.1 Å². The first-order chi connectivity index (χ1) is 11.5. The Balaban J connectivity index is 2.69. The number of rotatable bonds is 7. The van der Waals surface area contributed by atoms with Crippen LogP contribution in [-0.4, -0.2) is 48.4 Å². The molecule has 140 valence electrons. The van der Waals surface area contributed by atoms with Gasteiger partial charge in [0.25, 0.3) is 0 Å². The summed E-state index contributed by atoms with van der Waals surface area (Å²) in [7, 11) is 1.44. The summed E-state index contributed by atoms with van der Waals surface area (Å²) in [6, 6.07) is 4.19. The Morgan fingerprint density at radius 2 is 2.00 bits per heavy atom. The van der Waals surface area contributed by atoms with Gasteiger partial charge in [0.15, 0.2) is 6.61 Å². The number of nitrogens with one attached hydrogen (secondary N) is 1. The molecule has 6 nitrogen and oxygen atoms in total. The van der Waals surface area contributed by atoms with Gasteiger partial charge in [0.1, 0.15) is 5.75 Å². The molecule has 1 aromatic rings. The minimum absolute atomic E-state index is 0.00644. The fraction of sp³-hybridized carbons (Fsp3) is 0.500. The maximum Gasteiger partial charge on any atom is 0.422 e. The van der Waals surface area contributed by atoms with Gasteiger partial charge in [-0.3, -0.25) is 4.79 Å². The van der Waals surface area contributed by atoms with E-state index in [9.17, 15) is 22.8 Å². The number of carboxylic acid groups (broad SMARTS) is 1. The number of hydrogen-bond donors (Lipinski definition) is 2. The standard InChI is InChI=1S/C16H21F3N2O4/c1-10-4-5-12(13(6-10)25-9-16(17,18)19)7-20-15(24)21(3)8-11(2)14(22)23/h4-6,11H,7-9H2,1-3H3,(H,20,24)(H,22,23). The van der Waals surface area contributed by atoms with E-state index >= 15 is 0 Å². The Kier molecular flexibility index (Phi) is 7.08. The van der Waals surface area contributed by atoms with E-state index in [0.717, 1.165) is 5.56 Å². The highest BCUT2D eigenvalue weighted by Gasteiger charge is 2.29. The number of aryl methyl sites for hydroxylation is 1. The number of ether oxygens (including phenoxy) is 1. The molecule has 0 heterocycles. The summed E-state index contributed by atoms with van der Waals surface area (Å²) in [5, 5.41) is 11.4. The molecular weight excluding hydrogens is 341 g/mol. The molecule has 25 heavy (non-hydrogen) atoms. The Morgan fingerprint density at radius 1 is 1.36 bits per heavy atom. The van der Waals surface area contributed by atoms with Crippen molar-refractivity contribution >= 4 is 12.0 Å². The third-order valence-electron chi connectivity index (χ3n) is 3.36. The third-order valence-corrected chi connectivity index (χ3v) is 3.36. The first kappa shape index (κ1) is 20.6. The molecule has 0 aliphatic carbocycles. The van der Waals surface area contributed by atoms with Crippen LogP contribution in [0.15, 0.2) is 18.2 Å². The van der Waals surface area contributed by atoms with Gasteiger partial charge in [0.05, 0.1) is 5.92 Å². The van der Waals surface area contributed by atoms with E-state index in [2.05, 4.69) is 5.32 Å². The van der Waals surface area contributed by atoms with Crippen molar-refractivity contribution in [1.82, 2.24) is 10.2 Å². The summed E-state index contributed by atoms with van der Waals surface area (Å²) in [6.45, 7) is 1.72. The molecule has 1 aromatic carbocycles. The molecule has 2 N–H and O–H groups in total. The number of benzene rings is 1. The predicted molar refractivity (Wildman–Crippen MR) is 84.4 cm³/mol. The van der Waals surface area contributed by atoms with Crippen molar-refractivity contribution in [2.24, 2.45) is 5.92 Å². The fourth-order valence-electron chi connectivity index (χ4n) is 1.98. The number of carbonyl (C=O) groups is 2. The van der Waals surface area contributed by atoms with E-state index in [-0.39, 0.29) is 18.8 Å². The maximum atomic E-state index is 12.3. The van der Waals surface area contributed by atoms with Crippen LogP contribution in [-0.2, 0) is 11.3 Å². The number of hydrogen-bond acceptors (Lipinski definition) is 3. The first-order valence-corrected chi connectivity index (χ1v) is 7.50. The topological polar surface area (TPSA) is 78.9 Å². The first-order valence-electron chi connectivity index (χ1n) is 7.50. The van der Waals surface area contributed by atoms with Gasteiger partial charge in [-0.1, -0.05) is 19.1 Å². The van der Waals surface area contributed by atoms with Gasteiger partial charge in [0, 0.05) is 25.7 Å². The molecule has 0 aromatic heterocycles. The minimum Gasteiger partial charge on any atom is -0.484 e. The van der Waals surface area contributed by atoms with Crippen LogP contribution in [0.5, 0.6) is 5.75 Å². The minimum atomic E-state index is -4.46. The van der Waals surface area contributed by atoms with E-state index in [1.165, 1.54) is 24.9 Å². The molecule has 0 aliphatic heterocycles. The number of nitrogens with zero attached hydrogens (tertiary/aromatic N) is 1. The van der Waals surface area contributed by atoms with Crippen LogP contribution in [0.25, 0.3) is 0 Å². The molecule has 1 rings (SSSR count). The van der Waals surface area contributed by atoms with Crippen molar-refractivity contribution in [3.8, 4) is 5.75 Å². The SMILES string of the molecule is Cc1ccc(CNC(=O)N(C)CC(C)C(=O)O)c(OCC(F)(F)F)c1. The number of alkyl halides is 3. The molecule has 0 bridgehead atoms.